The number of imidazole rings is 1. The zero-order chi connectivity index (χ0) is 13.0. The van der Waals surface area contributed by atoms with Gasteiger partial charge in [0, 0.05) is 29.8 Å². The van der Waals surface area contributed by atoms with E-state index in [0.29, 0.717) is 6.04 Å². The summed E-state index contributed by atoms with van der Waals surface area (Å²) in [5, 5.41) is 3.52. The number of aryl methyl sites for hydroxylation is 1. The number of halogens is 1. The van der Waals surface area contributed by atoms with Crippen molar-refractivity contribution >= 4 is 15.9 Å². The zero-order valence-corrected chi connectivity index (χ0v) is 12.3. The Bertz CT molecular complexity index is 490. The van der Waals surface area contributed by atoms with Crippen LogP contribution >= 0.6 is 15.9 Å². The molecular formula is C14H18BrN3. The molecule has 0 aliphatic carbocycles. The molecule has 1 heterocycles. The van der Waals surface area contributed by atoms with Crippen LogP contribution in [0.3, 0.4) is 0 Å². The van der Waals surface area contributed by atoms with Crippen molar-refractivity contribution in [1.82, 2.24) is 14.9 Å². The molecule has 1 aromatic heterocycles. The van der Waals surface area contributed by atoms with Gasteiger partial charge >= 0.3 is 0 Å². The van der Waals surface area contributed by atoms with Crippen molar-refractivity contribution in [2.75, 3.05) is 0 Å². The van der Waals surface area contributed by atoms with Crippen LogP contribution in [0.1, 0.15) is 31.1 Å². The fourth-order valence-electron chi connectivity index (χ4n) is 1.91. The molecule has 0 amide bonds. The molecule has 1 aromatic carbocycles. The predicted molar refractivity (Wildman–Crippen MR) is 77.3 cm³/mol. The Labute approximate surface area is 116 Å². The molecule has 0 saturated carbocycles. The van der Waals surface area contributed by atoms with Crippen molar-refractivity contribution in [2.45, 2.75) is 33.0 Å². The van der Waals surface area contributed by atoms with Gasteiger partial charge in [0.05, 0.1) is 12.0 Å². The third-order valence-electron chi connectivity index (χ3n) is 3.10. The number of nitrogens with zero attached hydrogens (tertiary/aromatic N) is 2. The molecule has 0 aliphatic heterocycles. The lowest BCUT2D eigenvalue weighted by atomic mass is 10.1. The van der Waals surface area contributed by atoms with Crippen molar-refractivity contribution in [3.63, 3.8) is 0 Å². The number of hydrogen-bond acceptors (Lipinski definition) is 2. The van der Waals surface area contributed by atoms with Gasteiger partial charge in [-0.3, -0.25) is 0 Å². The van der Waals surface area contributed by atoms with Gasteiger partial charge in [-0.05, 0) is 31.5 Å². The van der Waals surface area contributed by atoms with Gasteiger partial charge < -0.3 is 9.88 Å². The van der Waals surface area contributed by atoms with Crippen LogP contribution in [0.25, 0.3) is 0 Å². The summed E-state index contributed by atoms with van der Waals surface area (Å²) in [5.74, 6) is 0. The first-order valence-electron chi connectivity index (χ1n) is 6.18. The molecule has 0 spiro atoms. The molecule has 96 valence electrons. The number of hydrogen-bond donors (Lipinski definition) is 1. The molecule has 2 rings (SSSR count). The second-order valence-corrected chi connectivity index (χ2v) is 5.24. The summed E-state index contributed by atoms with van der Waals surface area (Å²) in [4.78, 5) is 4.17. The Kier molecular flexibility index (Phi) is 4.55. The van der Waals surface area contributed by atoms with Gasteiger partial charge in [0.25, 0.3) is 0 Å². The maximum Gasteiger partial charge on any atom is 0.0948 e. The average Bonchev–Trinajstić information content (AvgIpc) is 2.84. The molecular weight excluding hydrogens is 290 g/mol. The van der Waals surface area contributed by atoms with Crippen LogP contribution in [-0.4, -0.2) is 9.55 Å². The quantitative estimate of drug-likeness (QED) is 0.916. The first kappa shape index (κ1) is 13.3. The summed E-state index contributed by atoms with van der Waals surface area (Å²) in [6.45, 7) is 6.11. The van der Waals surface area contributed by atoms with E-state index in [1.807, 2.05) is 12.5 Å². The van der Waals surface area contributed by atoms with Crippen LogP contribution in [-0.2, 0) is 13.1 Å². The lowest BCUT2D eigenvalue weighted by Crippen LogP contribution is -2.19. The summed E-state index contributed by atoms with van der Waals surface area (Å²) in [7, 11) is 0. The summed E-state index contributed by atoms with van der Waals surface area (Å²) < 4.78 is 3.27. The van der Waals surface area contributed by atoms with Crippen LogP contribution < -0.4 is 5.32 Å². The minimum absolute atomic E-state index is 0.332. The summed E-state index contributed by atoms with van der Waals surface area (Å²) >= 11 is 3.45. The highest BCUT2D eigenvalue weighted by molar-refractivity contribution is 9.10. The molecule has 1 N–H and O–H groups in total. The maximum atomic E-state index is 4.17. The van der Waals surface area contributed by atoms with Gasteiger partial charge in [-0.2, -0.15) is 0 Å². The first-order valence-corrected chi connectivity index (χ1v) is 6.98. The molecule has 18 heavy (non-hydrogen) atoms. The highest BCUT2D eigenvalue weighted by atomic mass is 79.9. The molecule has 0 radical (unpaired) electrons. The van der Waals surface area contributed by atoms with Crippen LogP contribution in [0.2, 0.25) is 0 Å². The number of aromatic nitrogens is 2. The maximum absolute atomic E-state index is 4.17. The molecule has 0 saturated heterocycles. The Morgan fingerprint density at radius 3 is 2.72 bits per heavy atom. The van der Waals surface area contributed by atoms with Gasteiger partial charge in [0.1, 0.15) is 0 Å². The molecule has 0 bridgehead atoms. The van der Waals surface area contributed by atoms with E-state index in [4.69, 9.17) is 0 Å². The van der Waals surface area contributed by atoms with Gasteiger partial charge in [-0.15, -0.1) is 0 Å². The Morgan fingerprint density at radius 1 is 1.33 bits per heavy atom. The molecule has 1 unspecified atom stereocenters. The van der Waals surface area contributed by atoms with Crippen molar-refractivity contribution in [2.24, 2.45) is 0 Å². The van der Waals surface area contributed by atoms with Crippen LogP contribution in [0.15, 0.2) is 41.3 Å². The minimum Gasteiger partial charge on any atom is -0.334 e. The third kappa shape index (κ3) is 3.21. The SMILES string of the molecule is CCn1cncc1CNC(C)c1ccc(Br)cc1. The number of benzene rings is 1. The van der Waals surface area contributed by atoms with E-state index in [1.54, 1.807) is 0 Å². The highest BCUT2D eigenvalue weighted by Gasteiger charge is 2.06. The summed E-state index contributed by atoms with van der Waals surface area (Å²) in [5.41, 5.74) is 2.52. The summed E-state index contributed by atoms with van der Waals surface area (Å²) in [6.07, 6.45) is 3.80. The standard InChI is InChI=1S/C14H18BrN3/c1-3-18-10-16-8-14(18)9-17-11(2)12-4-6-13(15)7-5-12/h4-8,10-11,17H,3,9H2,1-2H3. The van der Waals surface area contributed by atoms with Crippen molar-refractivity contribution in [1.29, 1.82) is 0 Å². The molecule has 3 nitrogen and oxygen atoms in total. The number of nitrogens with one attached hydrogen (secondary N) is 1. The van der Waals surface area contributed by atoms with Gasteiger partial charge in [0.15, 0.2) is 0 Å². The molecule has 0 fully saturated rings. The van der Waals surface area contributed by atoms with Gasteiger partial charge in [-0.1, -0.05) is 28.1 Å². The van der Waals surface area contributed by atoms with E-state index in [0.717, 1.165) is 17.6 Å². The lowest BCUT2D eigenvalue weighted by Gasteiger charge is -2.15. The molecule has 0 aliphatic rings. The normalized spacial score (nSPS) is 12.6. The Hall–Kier alpha value is -1.13. The largest absolute Gasteiger partial charge is 0.334 e. The topological polar surface area (TPSA) is 29.9 Å². The van der Waals surface area contributed by atoms with Crippen molar-refractivity contribution in [3.8, 4) is 0 Å². The summed E-state index contributed by atoms with van der Waals surface area (Å²) in [6, 6.07) is 8.75. The van der Waals surface area contributed by atoms with E-state index in [9.17, 15) is 0 Å². The van der Waals surface area contributed by atoms with Gasteiger partial charge in [-0.25, -0.2) is 4.98 Å². The van der Waals surface area contributed by atoms with Crippen molar-refractivity contribution in [3.05, 3.63) is 52.5 Å². The fourth-order valence-corrected chi connectivity index (χ4v) is 2.17. The second-order valence-electron chi connectivity index (χ2n) is 4.33. The highest BCUT2D eigenvalue weighted by Crippen LogP contribution is 2.16. The number of rotatable bonds is 5. The Morgan fingerprint density at radius 2 is 2.06 bits per heavy atom. The van der Waals surface area contributed by atoms with E-state index in [-0.39, 0.29) is 0 Å². The van der Waals surface area contributed by atoms with Crippen LogP contribution in [0.5, 0.6) is 0 Å². The lowest BCUT2D eigenvalue weighted by molar-refractivity contribution is 0.549. The fraction of sp³-hybridized carbons (Fsp3) is 0.357. The zero-order valence-electron chi connectivity index (χ0n) is 10.7. The van der Waals surface area contributed by atoms with E-state index in [1.165, 1.54) is 11.3 Å². The van der Waals surface area contributed by atoms with Crippen molar-refractivity contribution < 1.29 is 0 Å². The van der Waals surface area contributed by atoms with Crippen LogP contribution in [0.4, 0.5) is 0 Å². The monoisotopic (exact) mass is 307 g/mol. The first-order chi connectivity index (χ1) is 8.70. The Balaban J connectivity index is 1.96. The van der Waals surface area contributed by atoms with Gasteiger partial charge in [0.2, 0.25) is 0 Å². The van der Waals surface area contributed by atoms with E-state index >= 15 is 0 Å². The molecule has 1 atom stereocenters. The minimum atomic E-state index is 0.332. The van der Waals surface area contributed by atoms with Crippen LogP contribution in [0, 0.1) is 0 Å². The molecule has 4 heteroatoms. The molecule has 2 aromatic rings. The predicted octanol–water partition coefficient (Wildman–Crippen LogP) is 3.52. The van der Waals surface area contributed by atoms with E-state index in [2.05, 4.69) is 68.9 Å². The smallest absolute Gasteiger partial charge is 0.0948 e. The van der Waals surface area contributed by atoms with E-state index < -0.39 is 0 Å². The second kappa shape index (κ2) is 6.16. The average molecular weight is 308 g/mol. The third-order valence-corrected chi connectivity index (χ3v) is 3.63.